The van der Waals surface area contributed by atoms with Crippen LogP contribution in [0.2, 0.25) is 0 Å². The minimum atomic E-state index is 0.545. The van der Waals surface area contributed by atoms with Crippen molar-refractivity contribution in [2.75, 3.05) is 0 Å². The summed E-state index contributed by atoms with van der Waals surface area (Å²) in [5, 5.41) is 17.3. The fourth-order valence-corrected chi connectivity index (χ4v) is 2.56. The Morgan fingerprint density at radius 3 is 2.90 bits per heavy atom. The van der Waals surface area contributed by atoms with Crippen LogP contribution in [0.15, 0.2) is 29.2 Å². The first kappa shape index (κ1) is 11.2. The van der Waals surface area contributed by atoms with Crippen molar-refractivity contribution in [3.05, 3.63) is 30.4 Å². The SMILES string of the molecule is Cc1cc(-c2nnc3sc(-c4cnccn4)nn23)no1. The Kier molecular flexibility index (Phi) is 2.33. The average molecular weight is 285 g/mol. The summed E-state index contributed by atoms with van der Waals surface area (Å²) in [4.78, 5) is 8.92. The van der Waals surface area contributed by atoms with Gasteiger partial charge in [0.05, 0.1) is 6.20 Å². The number of aromatic nitrogens is 7. The van der Waals surface area contributed by atoms with Crippen LogP contribution < -0.4 is 0 Å². The van der Waals surface area contributed by atoms with Crippen LogP contribution in [-0.4, -0.2) is 34.9 Å². The lowest BCUT2D eigenvalue weighted by Crippen LogP contribution is -1.91. The van der Waals surface area contributed by atoms with Gasteiger partial charge >= 0.3 is 0 Å². The Morgan fingerprint density at radius 1 is 1.20 bits per heavy atom. The van der Waals surface area contributed by atoms with Crippen LogP contribution in [0.3, 0.4) is 0 Å². The van der Waals surface area contributed by atoms with Crippen LogP contribution in [0, 0.1) is 6.92 Å². The van der Waals surface area contributed by atoms with Crippen molar-refractivity contribution < 1.29 is 4.52 Å². The van der Waals surface area contributed by atoms with E-state index in [0.717, 1.165) is 5.01 Å². The maximum absolute atomic E-state index is 5.05. The largest absolute Gasteiger partial charge is 0.361 e. The molecule has 4 rings (SSSR count). The molecule has 0 aliphatic rings. The monoisotopic (exact) mass is 285 g/mol. The van der Waals surface area contributed by atoms with E-state index in [2.05, 4.69) is 30.4 Å². The molecule has 4 aromatic heterocycles. The normalized spacial score (nSPS) is 11.2. The zero-order valence-corrected chi connectivity index (χ0v) is 11.1. The van der Waals surface area contributed by atoms with E-state index >= 15 is 0 Å². The third-order valence-electron chi connectivity index (χ3n) is 2.63. The van der Waals surface area contributed by atoms with Crippen molar-refractivity contribution in [2.45, 2.75) is 6.92 Å². The van der Waals surface area contributed by atoms with E-state index in [1.54, 1.807) is 29.2 Å². The van der Waals surface area contributed by atoms with Crippen molar-refractivity contribution in [1.82, 2.24) is 34.9 Å². The Morgan fingerprint density at radius 2 is 2.15 bits per heavy atom. The van der Waals surface area contributed by atoms with Gasteiger partial charge in [0.25, 0.3) is 0 Å². The molecule has 0 N–H and O–H groups in total. The molecule has 0 atom stereocenters. The van der Waals surface area contributed by atoms with Crippen molar-refractivity contribution >= 4 is 16.3 Å². The predicted molar refractivity (Wildman–Crippen MR) is 69.9 cm³/mol. The number of hydrogen-bond donors (Lipinski definition) is 0. The van der Waals surface area contributed by atoms with Crippen molar-refractivity contribution in [1.29, 1.82) is 0 Å². The zero-order chi connectivity index (χ0) is 13.5. The van der Waals surface area contributed by atoms with Crippen LogP contribution in [0.1, 0.15) is 5.76 Å². The fourth-order valence-electron chi connectivity index (χ4n) is 1.76. The van der Waals surface area contributed by atoms with Crippen LogP contribution in [0.5, 0.6) is 0 Å². The minimum Gasteiger partial charge on any atom is -0.361 e. The molecule has 8 nitrogen and oxygen atoms in total. The molecule has 98 valence electrons. The molecule has 0 aliphatic carbocycles. The van der Waals surface area contributed by atoms with E-state index in [1.165, 1.54) is 11.3 Å². The van der Waals surface area contributed by atoms with Crippen LogP contribution in [-0.2, 0) is 0 Å². The Hall–Kier alpha value is -2.68. The summed E-state index contributed by atoms with van der Waals surface area (Å²) < 4.78 is 6.68. The maximum Gasteiger partial charge on any atom is 0.235 e. The van der Waals surface area contributed by atoms with Gasteiger partial charge in [0.15, 0.2) is 10.7 Å². The molecule has 0 saturated carbocycles. The smallest absolute Gasteiger partial charge is 0.235 e. The highest BCUT2D eigenvalue weighted by Gasteiger charge is 2.17. The van der Waals surface area contributed by atoms with E-state index in [9.17, 15) is 0 Å². The lowest BCUT2D eigenvalue weighted by Gasteiger charge is -1.91. The molecular formula is C11H7N7OS. The summed E-state index contributed by atoms with van der Waals surface area (Å²) in [6.45, 7) is 1.82. The molecule has 0 spiro atoms. The summed E-state index contributed by atoms with van der Waals surface area (Å²) >= 11 is 1.39. The fraction of sp³-hybridized carbons (Fsp3) is 0.0909. The molecule has 9 heteroatoms. The average Bonchev–Trinajstić information content (AvgIpc) is 3.14. The molecule has 0 radical (unpaired) electrons. The molecule has 0 saturated heterocycles. The third kappa shape index (κ3) is 1.67. The number of fused-ring (bicyclic) bond motifs is 1. The van der Waals surface area contributed by atoms with Gasteiger partial charge in [-0.15, -0.1) is 10.2 Å². The van der Waals surface area contributed by atoms with Gasteiger partial charge in [0.2, 0.25) is 10.8 Å². The Bertz CT molecular complexity index is 879. The second-order valence-corrected chi connectivity index (χ2v) is 4.99. The van der Waals surface area contributed by atoms with Gasteiger partial charge in [-0.2, -0.15) is 9.61 Å². The van der Waals surface area contributed by atoms with Gasteiger partial charge < -0.3 is 4.52 Å². The van der Waals surface area contributed by atoms with Crippen LogP contribution in [0.25, 0.3) is 27.2 Å². The molecule has 20 heavy (non-hydrogen) atoms. The first-order valence-corrected chi connectivity index (χ1v) is 6.55. The van der Waals surface area contributed by atoms with E-state index < -0.39 is 0 Å². The van der Waals surface area contributed by atoms with Gasteiger partial charge in [-0.25, -0.2) is 0 Å². The third-order valence-corrected chi connectivity index (χ3v) is 3.55. The van der Waals surface area contributed by atoms with E-state index in [0.29, 0.717) is 27.9 Å². The lowest BCUT2D eigenvalue weighted by atomic mass is 10.4. The minimum absolute atomic E-state index is 0.545. The molecule has 0 amide bonds. The molecule has 0 unspecified atom stereocenters. The summed E-state index contributed by atoms with van der Waals surface area (Å²) in [5.41, 5.74) is 1.30. The second-order valence-electron chi connectivity index (χ2n) is 4.04. The molecule has 0 aromatic carbocycles. The second kappa shape index (κ2) is 4.17. The lowest BCUT2D eigenvalue weighted by molar-refractivity contribution is 0.399. The first-order valence-electron chi connectivity index (χ1n) is 5.73. The summed E-state index contributed by atoms with van der Waals surface area (Å²) in [5.74, 6) is 1.25. The van der Waals surface area contributed by atoms with Gasteiger partial charge in [-0.3, -0.25) is 9.97 Å². The number of aryl methyl sites for hydroxylation is 1. The quantitative estimate of drug-likeness (QED) is 0.552. The van der Waals surface area contributed by atoms with Gasteiger partial charge in [0.1, 0.15) is 11.5 Å². The molecule has 0 fully saturated rings. The molecule has 0 aliphatic heterocycles. The van der Waals surface area contributed by atoms with Crippen LogP contribution >= 0.6 is 11.3 Å². The maximum atomic E-state index is 5.05. The topological polar surface area (TPSA) is 94.9 Å². The van der Waals surface area contributed by atoms with E-state index in [1.807, 2.05) is 6.92 Å². The van der Waals surface area contributed by atoms with Gasteiger partial charge in [-0.1, -0.05) is 16.5 Å². The highest BCUT2D eigenvalue weighted by Crippen LogP contribution is 2.26. The highest BCUT2D eigenvalue weighted by atomic mass is 32.1. The van der Waals surface area contributed by atoms with Crippen molar-refractivity contribution in [2.24, 2.45) is 0 Å². The molecule has 0 bridgehead atoms. The number of hydrogen-bond acceptors (Lipinski definition) is 8. The zero-order valence-electron chi connectivity index (χ0n) is 10.3. The highest BCUT2D eigenvalue weighted by molar-refractivity contribution is 7.19. The van der Waals surface area contributed by atoms with Crippen LogP contribution in [0.4, 0.5) is 0 Å². The van der Waals surface area contributed by atoms with Crippen molar-refractivity contribution in [3.63, 3.8) is 0 Å². The molecule has 4 aromatic rings. The van der Waals surface area contributed by atoms with Gasteiger partial charge in [-0.05, 0) is 6.92 Å². The number of rotatable bonds is 2. The van der Waals surface area contributed by atoms with E-state index in [4.69, 9.17) is 4.52 Å². The Labute approximate surface area is 116 Å². The van der Waals surface area contributed by atoms with Crippen molar-refractivity contribution in [3.8, 4) is 22.2 Å². The molecule has 4 heterocycles. The standard InChI is InChI=1S/C11H7N7OS/c1-6-4-7(17-19-6)9-14-15-11-18(9)16-10(20-11)8-5-12-2-3-13-8/h2-5H,1H3. The summed E-state index contributed by atoms with van der Waals surface area (Å²) in [6, 6.07) is 1.79. The summed E-state index contributed by atoms with van der Waals surface area (Å²) in [7, 11) is 0. The van der Waals surface area contributed by atoms with E-state index in [-0.39, 0.29) is 0 Å². The number of nitrogens with zero attached hydrogens (tertiary/aromatic N) is 7. The predicted octanol–water partition coefficient (Wildman–Crippen LogP) is 1.61. The molecular weight excluding hydrogens is 278 g/mol. The van der Waals surface area contributed by atoms with Gasteiger partial charge in [0, 0.05) is 18.5 Å². The first-order chi connectivity index (χ1) is 9.81. The Balaban J connectivity index is 1.87. The summed E-state index contributed by atoms with van der Waals surface area (Å²) in [6.07, 6.45) is 4.90.